The van der Waals surface area contributed by atoms with Crippen LogP contribution in [0.1, 0.15) is 146 Å². The molecule has 6 aromatic carbocycles. The molecule has 3 saturated heterocycles. The van der Waals surface area contributed by atoms with Crippen LogP contribution in [-0.4, -0.2) is 110 Å². The van der Waals surface area contributed by atoms with E-state index in [9.17, 15) is 19.2 Å². The van der Waals surface area contributed by atoms with Gasteiger partial charge in [-0.05, 0) is 212 Å². The number of amides is 6. The van der Waals surface area contributed by atoms with Gasteiger partial charge >= 0.3 is 12.1 Å². The maximum Gasteiger partial charge on any atom is 0.319 e. The molecule has 18 nitrogen and oxygen atoms in total. The number of hydrogen-bond acceptors (Lipinski definition) is 12. The predicted molar refractivity (Wildman–Crippen MR) is 353 cm³/mol. The Morgan fingerprint density at radius 3 is 1.24 bits per heavy atom. The van der Waals surface area contributed by atoms with Crippen molar-refractivity contribution >= 4 is 46.6 Å². The zero-order valence-electron chi connectivity index (χ0n) is 53.3. The Kier molecular flexibility index (Phi) is 24.8. The highest BCUT2D eigenvalue weighted by atomic mass is 16.5. The second kappa shape index (κ2) is 33.2. The number of ether oxygens (including phenoxy) is 6. The standard InChI is InChI=1S/C36H46N4O5.C35H46N4O5/c1-5-20-40-28-13-14-29(40)23-32(22-28)44-30-15-8-24(9-16-30)35(41)37-26-10-17-31(18-11-26)45-33-19-12-27(21-34(33)43-4)39-36(42)38-25(6-2)7-3;1-6-24(4)39-21-19-31(20-22-39)43-29-14-9-25(10-15-29)34(40)36-27-11-16-30(17-12-27)44-32-18-13-28(23-33(32)42-5)38-35(41)37-26(7-2)8-3/h8-12,15-19,21,25,28-29,32H,5-7,13-14,20,22-23H2,1-4H3,(H,37,41)(H2,38,39,42);9-18,23-24,26,31H,6-8,19-22H2,1-5H3,(H,36,40)(H2,37,38,41). The molecular weight excluding hydrogens is 1120 g/mol. The molecule has 476 valence electrons. The lowest BCUT2D eigenvalue weighted by Gasteiger charge is -2.38. The first-order valence-corrected chi connectivity index (χ1v) is 31.9. The first kappa shape index (κ1) is 66.5. The van der Waals surface area contributed by atoms with Crippen LogP contribution in [0.3, 0.4) is 0 Å². The summed E-state index contributed by atoms with van der Waals surface area (Å²) in [6, 6.07) is 41.0. The Morgan fingerprint density at radius 2 is 0.854 bits per heavy atom. The average Bonchev–Trinajstić information content (AvgIpc) is 3.46. The Hall–Kier alpha value is -8.48. The number of nitrogens with one attached hydrogen (secondary N) is 6. The zero-order valence-corrected chi connectivity index (χ0v) is 53.3. The van der Waals surface area contributed by atoms with E-state index < -0.39 is 0 Å². The number of fused-ring (bicyclic) bond motifs is 2. The number of carbonyl (C=O) groups is 4. The van der Waals surface area contributed by atoms with Crippen LogP contribution < -0.4 is 60.3 Å². The molecule has 0 spiro atoms. The number of carbonyl (C=O) groups excluding carboxylic acids is 4. The van der Waals surface area contributed by atoms with Gasteiger partial charge in [-0.25, -0.2) is 9.59 Å². The van der Waals surface area contributed by atoms with E-state index >= 15 is 0 Å². The maximum absolute atomic E-state index is 12.9. The van der Waals surface area contributed by atoms with Crippen molar-refractivity contribution in [1.82, 2.24) is 20.4 Å². The van der Waals surface area contributed by atoms with E-state index in [1.165, 1.54) is 25.8 Å². The molecule has 3 aliphatic rings. The molecule has 3 fully saturated rings. The Morgan fingerprint density at radius 1 is 0.461 bits per heavy atom. The molecular formula is C71H92N8O10. The number of nitrogens with zero attached hydrogens (tertiary/aromatic N) is 2. The number of likely N-dealkylation sites (tertiary alicyclic amines) is 1. The van der Waals surface area contributed by atoms with Gasteiger partial charge in [-0.15, -0.1) is 0 Å². The summed E-state index contributed by atoms with van der Waals surface area (Å²) in [7, 11) is 3.10. The lowest BCUT2D eigenvalue weighted by Crippen LogP contribution is -2.46. The van der Waals surface area contributed by atoms with Crippen LogP contribution in [0, 0.1) is 0 Å². The number of hydrogen-bond donors (Lipinski definition) is 6. The third-order valence-electron chi connectivity index (χ3n) is 17.0. The van der Waals surface area contributed by atoms with Gasteiger partial charge in [-0.1, -0.05) is 41.5 Å². The third-order valence-corrected chi connectivity index (χ3v) is 17.0. The summed E-state index contributed by atoms with van der Waals surface area (Å²) in [5.74, 6) is 4.31. The van der Waals surface area contributed by atoms with Crippen molar-refractivity contribution in [1.29, 1.82) is 0 Å². The molecule has 3 unspecified atom stereocenters. The van der Waals surface area contributed by atoms with Gasteiger partial charge in [0.15, 0.2) is 23.0 Å². The van der Waals surface area contributed by atoms with E-state index in [-0.39, 0.29) is 48.2 Å². The van der Waals surface area contributed by atoms with Crippen LogP contribution >= 0.6 is 0 Å². The molecule has 0 saturated carbocycles. The zero-order chi connectivity index (χ0) is 63.2. The number of methoxy groups -OCH3 is 2. The molecule has 3 heterocycles. The van der Waals surface area contributed by atoms with Gasteiger partial charge < -0.3 is 65.2 Å². The fraction of sp³-hybridized carbons (Fsp3) is 0.437. The van der Waals surface area contributed by atoms with E-state index in [0.717, 1.165) is 82.4 Å². The summed E-state index contributed by atoms with van der Waals surface area (Å²) in [6.07, 6.45) is 13.0. The van der Waals surface area contributed by atoms with E-state index in [0.29, 0.717) is 86.5 Å². The normalized spacial score (nSPS) is 16.9. The third kappa shape index (κ3) is 19.3. The maximum atomic E-state index is 12.9. The minimum atomic E-state index is -0.260. The van der Waals surface area contributed by atoms with Crippen LogP contribution in [0.15, 0.2) is 133 Å². The predicted octanol–water partition coefficient (Wildman–Crippen LogP) is 15.5. The van der Waals surface area contributed by atoms with E-state index in [1.807, 2.05) is 64.1 Å². The van der Waals surface area contributed by atoms with Crippen LogP contribution in [0.5, 0.6) is 46.0 Å². The molecule has 9 rings (SSSR count). The molecule has 0 radical (unpaired) electrons. The highest BCUT2D eigenvalue weighted by Gasteiger charge is 2.41. The van der Waals surface area contributed by atoms with Gasteiger partial charge in [-0.3, -0.25) is 14.5 Å². The first-order chi connectivity index (χ1) is 43.2. The topological polar surface area (TPSA) is 202 Å². The fourth-order valence-corrected chi connectivity index (χ4v) is 11.6. The fourth-order valence-electron chi connectivity index (χ4n) is 11.6. The van der Waals surface area contributed by atoms with Gasteiger partial charge in [0.05, 0.1) is 14.2 Å². The van der Waals surface area contributed by atoms with Gasteiger partial charge in [0, 0.05) is 89.3 Å². The molecule has 3 atom stereocenters. The van der Waals surface area contributed by atoms with Crippen LogP contribution in [0.4, 0.5) is 32.3 Å². The minimum absolute atomic E-state index is 0.125. The number of benzene rings is 6. The molecule has 3 aliphatic heterocycles. The Balaban J connectivity index is 0.000000230. The molecule has 89 heavy (non-hydrogen) atoms. The van der Waals surface area contributed by atoms with Crippen molar-refractivity contribution in [2.45, 2.75) is 168 Å². The SMILES string of the molecule is CCC(CC)NC(=O)Nc1ccc(Oc2ccc(NC(=O)c3ccc(OC4CCN(C(C)CC)CC4)cc3)cc2)c(OC)c1.CCCN1C2CCC1CC(Oc1ccc(C(=O)Nc3ccc(Oc4ccc(NC(=O)NC(CC)CC)cc4OC)cc3)cc1)C2. The Labute approximate surface area is 526 Å². The van der Waals surface area contributed by atoms with E-state index in [2.05, 4.69) is 62.5 Å². The van der Waals surface area contributed by atoms with E-state index in [4.69, 9.17) is 28.4 Å². The summed E-state index contributed by atoms with van der Waals surface area (Å²) in [4.78, 5) is 55.6. The highest BCUT2D eigenvalue weighted by Crippen LogP contribution is 2.39. The van der Waals surface area contributed by atoms with E-state index in [1.54, 1.807) is 111 Å². The summed E-state index contributed by atoms with van der Waals surface area (Å²) < 4.78 is 35.6. The molecule has 6 aromatic rings. The monoisotopic (exact) mass is 1220 g/mol. The summed E-state index contributed by atoms with van der Waals surface area (Å²) in [5.41, 5.74) is 3.60. The lowest BCUT2D eigenvalue weighted by atomic mass is 9.99. The van der Waals surface area contributed by atoms with Gasteiger partial charge in [0.25, 0.3) is 11.8 Å². The van der Waals surface area contributed by atoms with Gasteiger partial charge in [-0.2, -0.15) is 0 Å². The van der Waals surface area contributed by atoms with Crippen LogP contribution in [0.2, 0.25) is 0 Å². The summed E-state index contributed by atoms with van der Waals surface area (Å²) in [5, 5.41) is 17.5. The molecule has 0 aromatic heterocycles. The average molecular weight is 1220 g/mol. The smallest absolute Gasteiger partial charge is 0.319 e. The van der Waals surface area contributed by atoms with Crippen molar-refractivity contribution in [3.63, 3.8) is 0 Å². The van der Waals surface area contributed by atoms with Gasteiger partial charge in [0.2, 0.25) is 0 Å². The van der Waals surface area contributed by atoms with Crippen molar-refractivity contribution in [2.24, 2.45) is 0 Å². The summed E-state index contributed by atoms with van der Waals surface area (Å²) >= 11 is 0. The molecule has 6 amide bonds. The van der Waals surface area contributed by atoms with Crippen molar-refractivity contribution in [3.8, 4) is 46.0 Å². The highest BCUT2D eigenvalue weighted by molar-refractivity contribution is 6.05. The molecule has 2 bridgehead atoms. The van der Waals surface area contributed by atoms with Gasteiger partial charge in [0.1, 0.15) is 35.2 Å². The summed E-state index contributed by atoms with van der Waals surface area (Å²) in [6.45, 7) is 18.2. The second-order valence-corrected chi connectivity index (χ2v) is 23.1. The lowest BCUT2D eigenvalue weighted by molar-refractivity contribution is 0.0496. The first-order valence-electron chi connectivity index (χ1n) is 31.9. The van der Waals surface area contributed by atoms with Crippen molar-refractivity contribution in [2.75, 3.05) is 55.1 Å². The number of anilines is 4. The largest absolute Gasteiger partial charge is 0.493 e. The molecule has 0 aliphatic carbocycles. The second-order valence-electron chi connectivity index (χ2n) is 23.1. The Bertz CT molecular complexity index is 3190. The number of urea groups is 2. The molecule has 6 N–H and O–H groups in total. The molecule has 18 heteroatoms. The van der Waals surface area contributed by atoms with Crippen molar-refractivity contribution < 1.29 is 47.6 Å². The van der Waals surface area contributed by atoms with Crippen molar-refractivity contribution in [3.05, 3.63) is 145 Å². The quantitative estimate of drug-likeness (QED) is 0.0300. The minimum Gasteiger partial charge on any atom is -0.493 e. The van der Waals surface area contributed by atoms with Crippen LogP contribution in [0.25, 0.3) is 0 Å². The number of piperidine rings is 2. The van der Waals surface area contributed by atoms with Crippen LogP contribution in [-0.2, 0) is 0 Å². The number of rotatable bonds is 26.